The van der Waals surface area contributed by atoms with E-state index in [1.807, 2.05) is 0 Å². The molecular weight excluding hydrogens is 407 g/mol. The second-order valence-corrected chi connectivity index (χ2v) is 8.49. The number of nitrogens with two attached hydrogens (primary N) is 1. The van der Waals surface area contributed by atoms with Gasteiger partial charge < -0.3 is 20.2 Å². The third-order valence-corrected chi connectivity index (χ3v) is 6.24. The molecular formula is C22H21FN2O4S. The van der Waals surface area contributed by atoms with Crippen LogP contribution in [0.3, 0.4) is 0 Å². The summed E-state index contributed by atoms with van der Waals surface area (Å²) in [6.07, 6.45) is 2.65. The molecule has 1 aliphatic rings. The van der Waals surface area contributed by atoms with Crippen LogP contribution in [0.5, 0.6) is 5.75 Å². The number of benzene rings is 1. The molecule has 3 N–H and O–H groups in total. The first kappa shape index (κ1) is 20.2. The summed E-state index contributed by atoms with van der Waals surface area (Å²) in [5.74, 6) is 0.223. The minimum atomic E-state index is -0.537. The Morgan fingerprint density at radius 2 is 2.03 bits per heavy atom. The van der Waals surface area contributed by atoms with Gasteiger partial charge in [-0.1, -0.05) is 6.92 Å². The zero-order valence-electron chi connectivity index (χ0n) is 16.4. The van der Waals surface area contributed by atoms with Gasteiger partial charge in [0.25, 0.3) is 11.8 Å². The quantitative estimate of drug-likeness (QED) is 0.603. The maximum absolute atomic E-state index is 12.9. The van der Waals surface area contributed by atoms with Crippen molar-refractivity contribution >= 4 is 28.2 Å². The van der Waals surface area contributed by atoms with E-state index in [9.17, 15) is 14.0 Å². The molecule has 2 amide bonds. The van der Waals surface area contributed by atoms with Crippen LogP contribution in [0.1, 0.15) is 50.5 Å². The maximum atomic E-state index is 12.9. The molecule has 30 heavy (non-hydrogen) atoms. The molecule has 2 aromatic heterocycles. The van der Waals surface area contributed by atoms with E-state index < -0.39 is 11.8 Å². The Morgan fingerprint density at radius 1 is 1.27 bits per heavy atom. The highest BCUT2D eigenvalue weighted by molar-refractivity contribution is 7.17. The smallest absolute Gasteiger partial charge is 0.291 e. The molecule has 156 valence electrons. The fourth-order valence-corrected chi connectivity index (χ4v) is 4.94. The topological polar surface area (TPSA) is 94.6 Å². The summed E-state index contributed by atoms with van der Waals surface area (Å²) < 4.78 is 24.0. The van der Waals surface area contributed by atoms with E-state index in [1.165, 1.54) is 41.7 Å². The Kier molecular flexibility index (Phi) is 5.59. The van der Waals surface area contributed by atoms with Gasteiger partial charge in [-0.2, -0.15) is 0 Å². The van der Waals surface area contributed by atoms with Crippen molar-refractivity contribution in [2.75, 3.05) is 5.32 Å². The highest BCUT2D eigenvalue weighted by atomic mass is 32.1. The number of thiophene rings is 1. The molecule has 0 saturated carbocycles. The van der Waals surface area contributed by atoms with E-state index in [2.05, 4.69) is 12.2 Å². The van der Waals surface area contributed by atoms with Gasteiger partial charge in [-0.05, 0) is 67.1 Å². The molecule has 0 fully saturated rings. The number of anilines is 1. The van der Waals surface area contributed by atoms with Gasteiger partial charge in [0, 0.05) is 4.88 Å². The van der Waals surface area contributed by atoms with Crippen LogP contribution >= 0.6 is 11.3 Å². The fourth-order valence-electron chi connectivity index (χ4n) is 3.53. The van der Waals surface area contributed by atoms with E-state index in [0.29, 0.717) is 28.0 Å². The summed E-state index contributed by atoms with van der Waals surface area (Å²) in [5, 5.41) is 3.24. The number of hydrogen-bond donors (Lipinski definition) is 2. The monoisotopic (exact) mass is 428 g/mol. The third-order valence-electron chi connectivity index (χ3n) is 5.07. The van der Waals surface area contributed by atoms with Crippen molar-refractivity contribution in [1.82, 2.24) is 0 Å². The van der Waals surface area contributed by atoms with Crippen molar-refractivity contribution in [3.8, 4) is 5.75 Å². The fraction of sp³-hybridized carbons (Fsp3) is 0.273. The molecule has 1 atom stereocenters. The number of halogens is 1. The van der Waals surface area contributed by atoms with Gasteiger partial charge in [-0.3, -0.25) is 9.59 Å². The molecule has 0 bridgehead atoms. The number of carbonyl (C=O) groups is 2. The molecule has 0 radical (unpaired) electrons. The van der Waals surface area contributed by atoms with Crippen LogP contribution in [-0.2, 0) is 19.4 Å². The number of nitrogens with one attached hydrogen (secondary N) is 1. The van der Waals surface area contributed by atoms with E-state index in [-0.39, 0.29) is 18.2 Å². The summed E-state index contributed by atoms with van der Waals surface area (Å²) in [5.41, 5.74) is 6.95. The number of amides is 2. The maximum Gasteiger partial charge on any atom is 0.291 e. The molecule has 8 heteroatoms. The number of primary amides is 1. The van der Waals surface area contributed by atoms with Crippen molar-refractivity contribution in [3.05, 3.63) is 69.7 Å². The summed E-state index contributed by atoms with van der Waals surface area (Å²) in [6.45, 7) is 2.26. The van der Waals surface area contributed by atoms with Crippen LogP contribution in [0.4, 0.5) is 9.39 Å². The molecule has 0 aliphatic heterocycles. The summed E-state index contributed by atoms with van der Waals surface area (Å²) in [6, 6.07) is 8.79. The highest BCUT2D eigenvalue weighted by Crippen LogP contribution is 2.39. The zero-order valence-corrected chi connectivity index (χ0v) is 17.2. The first-order valence-electron chi connectivity index (χ1n) is 9.63. The van der Waals surface area contributed by atoms with Gasteiger partial charge in [0.05, 0.1) is 5.56 Å². The van der Waals surface area contributed by atoms with Crippen LogP contribution in [0.2, 0.25) is 0 Å². The molecule has 1 aromatic carbocycles. The second kappa shape index (κ2) is 8.31. The largest absolute Gasteiger partial charge is 0.486 e. The van der Waals surface area contributed by atoms with E-state index >= 15 is 0 Å². The van der Waals surface area contributed by atoms with E-state index in [4.69, 9.17) is 14.9 Å². The second-order valence-electron chi connectivity index (χ2n) is 7.38. The van der Waals surface area contributed by atoms with Crippen LogP contribution in [0.15, 0.2) is 40.8 Å². The van der Waals surface area contributed by atoms with E-state index in [0.717, 1.165) is 29.7 Å². The lowest BCUT2D eigenvalue weighted by molar-refractivity contribution is 0.0993. The lowest BCUT2D eigenvalue weighted by Crippen LogP contribution is -2.19. The van der Waals surface area contributed by atoms with Crippen molar-refractivity contribution in [2.24, 2.45) is 11.7 Å². The normalized spacial score (nSPS) is 15.5. The predicted octanol–water partition coefficient (Wildman–Crippen LogP) is 4.54. The number of rotatable bonds is 6. The summed E-state index contributed by atoms with van der Waals surface area (Å²) >= 11 is 1.40. The zero-order chi connectivity index (χ0) is 21.3. The summed E-state index contributed by atoms with van der Waals surface area (Å²) in [7, 11) is 0. The van der Waals surface area contributed by atoms with Crippen LogP contribution in [0.25, 0.3) is 0 Å². The number of hydrogen-bond acceptors (Lipinski definition) is 5. The lowest BCUT2D eigenvalue weighted by Gasteiger charge is -2.18. The highest BCUT2D eigenvalue weighted by Gasteiger charge is 2.27. The van der Waals surface area contributed by atoms with Gasteiger partial charge in [0.2, 0.25) is 0 Å². The molecule has 0 saturated heterocycles. The van der Waals surface area contributed by atoms with Gasteiger partial charge in [0.1, 0.15) is 28.9 Å². The Morgan fingerprint density at radius 3 is 2.77 bits per heavy atom. The van der Waals surface area contributed by atoms with E-state index in [1.54, 1.807) is 6.07 Å². The van der Waals surface area contributed by atoms with Crippen LogP contribution in [-0.4, -0.2) is 11.8 Å². The van der Waals surface area contributed by atoms with Crippen molar-refractivity contribution in [1.29, 1.82) is 0 Å². The number of furan rings is 1. The number of carbonyl (C=O) groups excluding carboxylic acids is 2. The van der Waals surface area contributed by atoms with Crippen molar-refractivity contribution < 1.29 is 23.1 Å². The first-order chi connectivity index (χ1) is 14.4. The Hall–Kier alpha value is -3.13. The Labute approximate surface area is 176 Å². The minimum Gasteiger partial charge on any atom is -0.486 e. The standard InChI is InChI=1S/C22H21FN2O4S/c1-12-2-8-16-18(10-12)30-22(19(16)20(24)26)25-21(27)17-9-7-15(29-17)11-28-14-5-3-13(23)4-6-14/h3-7,9,12H,2,8,10-11H2,1H3,(H2,24,26)(H,25,27). The molecule has 0 spiro atoms. The number of ether oxygens (including phenoxy) is 1. The Bertz CT molecular complexity index is 1090. The molecule has 1 unspecified atom stereocenters. The van der Waals surface area contributed by atoms with Gasteiger partial charge >= 0.3 is 0 Å². The number of fused-ring (bicyclic) bond motifs is 1. The molecule has 6 nitrogen and oxygen atoms in total. The molecule has 3 aromatic rings. The van der Waals surface area contributed by atoms with Gasteiger partial charge in [-0.15, -0.1) is 11.3 Å². The molecule has 2 heterocycles. The van der Waals surface area contributed by atoms with Crippen molar-refractivity contribution in [3.63, 3.8) is 0 Å². The predicted molar refractivity (Wildman–Crippen MR) is 111 cm³/mol. The average Bonchev–Trinajstić information content (AvgIpc) is 3.31. The van der Waals surface area contributed by atoms with Crippen LogP contribution in [0, 0.1) is 11.7 Å². The first-order valence-corrected chi connectivity index (χ1v) is 10.4. The molecule has 4 rings (SSSR count). The SMILES string of the molecule is CC1CCc2c(sc(NC(=O)c3ccc(COc4ccc(F)cc4)o3)c2C(N)=O)C1. The van der Waals surface area contributed by atoms with Crippen LogP contribution < -0.4 is 15.8 Å². The minimum absolute atomic E-state index is 0.0939. The summed E-state index contributed by atoms with van der Waals surface area (Å²) in [4.78, 5) is 25.8. The van der Waals surface area contributed by atoms with Crippen molar-refractivity contribution in [2.45, 2.75) is 32.8 Å². The van der Waals surface area contributed by atoms with Gasteiger partial charge in [0.15, 0.2) is 5.76 Å². The molecule has 1 aliphatic carbocycles. The average molecular weight is 428 g/mol. The third kappa shape index (κ3) is 4.23. The Balaban J connectivity index is 1.46. The van der Waals surface area contributed by atoms with Gasteiger partial charge in [-0.25, -0.2) is 4.39 Å². The lowest BCUT2D eigenvalue weighted by atomic mass is 9.88.